The molecule has 1 saturated carbocycles. The van der Waals surface area contributed by atoms with Gasteiger partial charge < -0.3 is 9.30 Å². The Morgan fingerprint density at radius 1 is 1.06 bits per heavy atom. The summed E-state index contributed by atoms with van der Waals surface area (Å²) in [5.74, 6) is 1.31. The third-order valence-electron chi connectivity index (χ3n) is 6.96. The van der Waals surface area contributed by atoms with Gasteiger partial charge in [-0.15, -0.1) is 11.3 Å². The fraction of sp³-hybridized carbons (Fsp3) is 0.250. The standard InChI is InChI=1S/C28H26N4O3S/c1-16-14-31(15-29-16)22-12-9-20(13-23(22)35-4)25-17(2)24-26(33)32(28(34)30(3)27(24)36-25)21-10-7-19(8-11-21)18-5-6-18/h7-15,18H,5-6H2,1-4H3. The van der Waals surface area contributed by atoms with Crippen molar-refractivity contribution in [1.82, 2.24) is 18.7 Å². The van der Waals surface area contributed by atoms with Gasteiger partial charge in [0, 0.05) is 18.1 Å². The summed E-state index contributed by atoms with van der Waals surface area (Å²) < 4.78 is 10.5. The van der Waals surface area contributed by atoms with Crippen LogP contribution < -0.4 is 16.0 Å². The van der Waals surface area contributed by atoms with Gasteiger partial charge in [-0.1, -0.05) is 18.2 Å². The number of aryl methyl sites for hydroxylation is 3. The summed E-state index contributed by atoms with van der Waals surface area (Å²) in [7, 11) is 3.37. The molecule has 0 bridgehead atoms. The van der Waals surface area contributed by atoms with Crippen molar-refractivity contribution in [2.75, 3.05) is 7.11 Å². The number of ether oxygens (including phenoxy) is 1. The number of benzene rings is 2. The minimum atomic E-state index is -0.345. The van der Waals surface area contributed by atoms with Crippen LogP contribution in [0.2, 0.25) is 0 Å². The molecular weight excluding hydrogens is 472 g/mol. The zero-order chi connectivity index (χ0) is 25.1. The number of thiophene rings is 1. The van der Waals surface area contributed by atoms with E-state index in [0.29, 0.717) is 27.6 Å². The lowest BCUT2D eigenvalue weighted by Crippen LogP contribution is -2.37. The van der Waals surface area contributed by atoms with Crippen LogP contribution in [0.5, 0.6) is 5.75 Å². The van der Waals surface area contributed by atoms with Gasteiger partial charge in [0.2, 0.25) is 0 Å². The molecule has 0 amide bonds. The van der Waals surface area contributed by atoms with Crippen molar-refractivity contribution in [3.8, 4) is 27.6 Å². The summed E-state index contributed by atoms with van der Waals surface area (Å²) in [5.41, 5.74) is 4.81. The molecular formula is C28H26N4O3S. The Kier molecular flexibility index (Phi) is 5.22. The molecule has 1 aliphatic carbocycles. The third kappa shape index (κ3) is 3.52. The molecule has 0 saturated heterocycles. The van der Waals surface area contributed by atoms with E-state index in [2.05, 4.69) is 4.98 Å². The van der Waals surface area contributed by atoms with Crippen molar-refractivity contribution in [2.24, 2.45) is 7.05 Å². The molecule has 7 nitrogen and oxygen atoms in total. The Morgan fingerprint density at radius 3 is 2.44 bits per heavy atom. The Labute approximate surface area is 211 Å². The first kappa shape index (κ1) is 22.5. The molecule has 1 fully saturated rings. The van der Waals surface area contributed by atoms with Crippen LogP contribution in [0.4, 0.5) is 0 Å². The Bertz CT molecular complexity index is 1750. The second-order valence-corrected chi connectivity index (χ2v) is 10.4. The first-order valence-corrected chi connectivity index (χ1v) is 12.7. The molecule has 0 unspecified atom stereocenters. The van der Waals surface area contributed by atoms with Crippen LogP contribution in [0.25, 0.3) is 32.0 Å². The first-order chi connectivity index (χ1) is 17.4. The SMILES string of the molecule is COc1cc(-c2sc3c(c2C)c(=O)n(-c2ccc(C4CC4)cc2)c(=O)n3C)ccc1-n1cnc(C)c1. The van der Waals surface area contributed by atoms with Crippen molar-refractivity contribution in [3.63, 3.8) is 0 Å². The predicted molar refractivity (Wildman–Crippen MR) is 143 cm³/mol. The summed E-state index contributed by atoms with van der Waals surface area (Å²) in [6, 6.07) is 13.8. The topological polar surface area (TPSA) is 71.0 Å². The van der Waals surface area contributed by atoms with Gasteiger partial charge >= 0.3 is 5.69 Å². The quantitative estimate of drug-likeness (QED) is 0.338. The molecule has 0 atom stereocenters. The summed E-state index contributed by atoms with van der Waals surface area (Å²) in [6.07, 6.45) is 6.11. The van der Waals surface area contributed by atoms with E-state index in [1.165, 1.54) is 34.3 Å². The highest BCUT2D eigenvalue weighted by atomic mass is 32.1. The summed E-state index contributed by atoms with van der Waals surface area (Å²) in [4.78, 5) is 32.9. The molecule has 36 heavy (non-hydrogen) atoms. The van der Waals surface area contributed by atoms with Gasteiger partial charge in [0.05, 0.1) is 35.9 Å². The van der Waals surface area contributed by atoms with E-state index < -0.39 is 0 Å². The van der Waals surface area contributed by atoms with Gasteiger partial charge in [0.1, 0.15) is 10.6 Å². The van der Waals surface area contributed by atoms with E-state index >= 15 is 0 Å². The summed E-state index contributed by atoms with van der Waals surface area (Å²) in [5, 5.41) is 0.566. The summed E-state index contributed by atoms with van der Waals surface area (Å²) in [6.45, 7) is 3.89. The average Bonchev–Trinajstić information content (AvgIpc) is 3.55. The molecule has 2 aromatic carbocycles. The Morgan fingerprint density at radius 2 is 1.81 bits per heavy atom. The van der Waals surface area contributed by atoms with Gasteiger partial charge in [-0.2, -0.15) is 0 Å². The van der Waals surface area contributed by atoms with Crippen LogP contribution in [-0.4, -0.2) is 25.8 Å². The molecule has 0 radical (unpaired) electrons. The lowest BCUT2D eigenvalue weighted by molar-refractivity contribution is 0.413. The maximum Gasteiger partial charge on any atom is 0.336 e. The van der Waals surface area contributed by atoms with Crippen LogP contribution in [0, 0.1) is 13.8 Å². The van der Waals surface area contributed by atoms with E-state index in [0.717, 1.165) is 27.4 Å². The van der Waals surface area contributed by atoms with E-state index in [1.807, 2.05) is 67.1 Å². The van der Waals surface area contributed by atoms with Gasteiger partial charge in [0.15, 0.2) is 0 Å². The lowest BCUT2D eigenvalue weighted by atomic mass is 10.1. The fourth-order valence-electron chi connectivity index (χ4n) is 4.82. The highest BCUT2D eigenvalue weighted by Gasteiger charge is 2.24. The Balaban J connectivity index is 1.50. The number of hydrogen-bond donors (Lipinski definition) is 0. The number of nitrogens with zero attached hydrogens (tertiary/aromatic N) is 4. The molecule has 5 aromatic rings. The van der Waals surface area contributed by atoms with E-state index in [9.17, 15) is 9.59 Å². The molecule has 0 N–H and O–H groups in total. The molecule has 0 spiro atoms. The normalized spacial score (nSPS) is 13.4. The molecule has 3 aromatic heterocycles. The minimum absolute atomic E-state index is 0.287. The predicted octanol–water partition coefficient (Wildman–Crippen LogP) is 5.11. The van der Waals surface area contributed by atoms with Crippen molar-refractivity contribution in [3.05, 3.63) is 92.6 Å². The average molecular weight is 499 g/mol. The number of hydrogen-bond acceptors (Lipinski definition) is 5. The lowest BCUT2D eigenvalue weighted by Gasteiger charge is -2.11. The number of rotatable bonds is 5. The third-order valence-corrected chi connectivity index (χ3v) is 8.38. The second kappa shape index (κ2) is 8.34. The number of methoxy groups -OCH3 is 1. The molecule has 6 rings (SSSR count). The molecule has 8 heteroatoms. The van der Waals surface area contributed by atoms with Crippen LogP contribution in [0.15, 0.2) is 64.6 Å². The Hall–Kier alpha value is -3.91. The zero-order valence-electron chi connectivity index (χ0n) is 20.6. The minimum Gasteiger partial charge on any atom is -0.495 e. The van der Waals surface area contributed by atoms with Crippen molar-refractivity contribution < 1.29 is 4.74 Å². The molecule has 1 aliphatic rings. The monoisotopic (exact) mass is 498 g/mol. The van der Waals surface area contributed by atoms with Gasteiger partial charge in [-0.05, 0) is 73.6 Å². The van der Waals surface area contributed by atoms with E-state index in [1.54, 1.807) is 25.1 Å². The number of aromatic nitrogens is 4. The second-order valence-electron chi connectivity index (χ2n) is 9.39. The highest BCUT2D eigenvalue weighted by molar-refractivity contribution is 7.22. The number of imidazole rings is 1. The van der Waals surface area contributed by atoms with Crippen molar-refractivity contribution in [2.45, 2.75) is 32.6 Å². The van der Waals surface area contributed by atoms with E-state index in [4.69, 9.17) is 4.74 Å². The number of fused-ring (bicyclic) bond motifs is 1. The van der Waals surface area contributed by atoms with Crippen molar-refractivity contribution >= 4 is 21.6 Å². The van der Waals surface area contributed by atoms with Crippen LogP contribution >= 0.6 is 11.3 Å². The highest BCUT2D eigenvalue weighted by Crippen LogP contribution is 2.40. The van der Waals surface area contributed by atoms with Crippen molar-refractivity contribution in [1.29, 1.82) is 0 Å². The maximum absolute atomic E-state index is 13.7. The largest absolute Gasteiger partial charge is 0.495 e. The van der Waals surface area contributed by atoms with Crippen LogP contribution in [-0.2, 0) is 7.05 Å². The molecule has 0 aliphatic heterocycles. The van der Waals surface area contributed by atoms with Crippen LogP contribution in [0.3, 0.4) is 0 Å². The summed E-state index contributed by atoms with van der Waals surface area (Å²) >= 11 is 1.45. The zero-order valence-corrected chi connectivity index (χ0v) is 21.4. The first-order valence-electron chi connectivity index (χ1n) is 11.9. The fourth-order valence-corrected chi connectivity index (χ4v) is 6.07. The maximum atomic E-state index is 13.7. The molecule has 182 valence electrons. The molecule has 3 heterocycles. The van der Waals surface area contributed by atoms with Gasteiger partial charge in [0.25, 0.3) is 5.56 Å². The smallest absolute Gasteiger partial charge is 0.336 e. The van der Waals surface area contributed by atoms with Gasteiger partial charge in [-0.3, -0.25) is 9.36 Å². The van der Waals surface area contributed by atoms with Gasteiger partial charge in [-0.25, -0.2) is 14.3 Å². The van der Waals surface area contributed by atoms with Crippen LogP contribution in [0.1, 0.15) is 35.6 Å². The van der Waals surface area contributed by atoms with E-state index in [-0.39, 0.29) is 11.2 Å².